The molecule has 1 aromatic carbocycles. The Balaban J connectivity index is 2.47. The molecule has 2 rings (SSSR count). The highest BCUT2D eigenvalue weighted by Crippen LogP contribution is 2.35. The summed E-state index contributed by atoms with van der Waals surface area (Å²) < 4.78 is 28.2. The fourth-order valence-electron chi connectivity index (χ4n) is 2.83. The molecule has 0 unspecified atom stereocenters. The van der Waals surface area contributed by atoms with Crippen molar-refractivity contribution in [2.45, 2.75) is 45.1 Å². The molecule has 1 saturated heterocycles. The Kier molecular flexibility index (Phi) is 4.83. The zero-order valence-electron chi connectivity index (χ0n) is 12.8. The van der Waals surface area contributed by atoms with E-state index in [9.17, 15) is 8.42 Å². The number of hydrogen-bond acceptors (Lipinski definition) is 3. The molecule has 1 aromatic rings. The van der Waals surface area contributed by atoms with Crippen molar-refractivity contribution < 1.29 is 8.42 Å². The lowest BCUT2D eigenvalue weighted by molar-refractivity contribution is 0.187. The van der Waals surface area contributed by atoms with Crippen LogP contribution in [0.25, 0.3) is 0 Å². The first kappa shape index (κ1) is 16.9. The lowest BCUT2D eigenvalue weighted by Gasteiger charge is -2.37. The second-order valence-corrected chi connectivity index (χ2v) is 9.23. The molecular formula is C15H23BrN2O2S. The fraction of sp³-hybridized carbons (Fsp3) is 0.600. The predicted molar refractivity (Wildman–Crippen MR) is 88.5 cm³/mol. The average molecular weight is 375 g/mol. The minimum absolute atomic E-state index is 0.0261. The Morgan fingerprint density at radius 2 is 2.05 bits per heavy atom. The van der Waals surface area contributed by atoms with Gasteiger partial charge in [0.1, 0.15) is 0 Å². The van der Waals surface area contributed by atoms with Crippen molar-refractivity contribution >= 4 is 26.0 Å². The number of nitrogens with two attached hydrogens (primary N) is 1. The van der Waals surface area contributed by atoms with Crippen molar-refractivity contribution in [3.8, 4) is 0 Å². The number of aryl methyl sites for hydroxylation is 1. The molecule has 0 radical (unpaired) electrons. The summed E-state index contributed by atoms with van der Waals surface area (Å²) in [4.78, 5) is 0.334. The SMILES string of the molecule is Cc1cc(CN)cc(S(=O)(=O)N2CCCC(C)(C)C2)c1Br. The van der Waals surface area contributed by atoms with Crippen LogP contribution in [0.1, 0.15) is 37.8 Å². The van der Waals surface area contributed by atoms with Gasteiger partial charge in [0, 0.05) is 24.1 Å². The van der Waals surface area contributed by atoms with E-state index in [-0.39, 0.29) is 5.41 Å². The van der Waals surface area contributed by atoms with Crippen molar-refractivity contribution in [2.24, 2.45) is 11.1 Å². The van der Waals surface area contributed by atoms with E-state index < -0.39 is 10.0 Å². The molecule has 0 saturated carbocycles. The van der Waals surface area contributed by atoms with Crippen LogP contribution >= 0.6 is 15.9 Å². The maximum Gasteiger partial charge on any atom is 0.244 e. The van der Waals surface area contributed by atoms with E-state index in [4.69, 9.17) is 5.73 Å². The molecule has 0 bridgehead atoms. The first-order valence-corrected chi connectivity index (χ1v) is 9.40. The molecule has 1 aliphatic rings. The predicted octanol–water partition coefficient (Wildman–Crippen LogP) is 3.03. The van der Waals surface area contributed by atoms with E-state index in [2.05, 4.69) is 29.8 Å². The highest BCUT2D eigenvalue weighted by molar-refractivity contribution is 9.10. The molecule has 0 aliphatic carbocycles. The van der Waals surface area contributed by atoms with Crippen molar-refractivity contribution in [3.63, 3.8) is 0 Å². The van der Waals surface area contributed by atoms with Gasteiger partial charge in [-0.15, -0.1) is 0 Å². The third kappa shape index (κ3) is 3.50. The quantitative estimate of drug-likeness (QED) is 0.883. The number of hydrogen-bond donors (Lipinski definition) is 1. The first-order valence-electron chi connectivity index (χ1n) is 7.17. The number of halogens is 1. The van der Waals surface area contributed by atoms with Crippen LogP contribution in [0.2, 0.25) is 0 Å². The third-order valence-electron chi connectivity index (χ3n) is 4.00. The van der Waals surface area contributed by atoms with Gasteiger partial charge in [0.05, 0.1) is 4.90 Å². The summed E-state index contributed by atoms with van der Waals surface area (Å²) in [7, 11) is -3.49. The van der Waals surface area contributed by atoms with E-state index >= 15 is 0 Å². The van der Waals surface area contributed by atoms with Gasteiger partial charge in [0.15, 0.2) is 0 Å². The van der Waals surface area contributed by atoms with Crippen LogP contribution in [0.15, 0.2) is 21.5 Å². The van der Waals surface area contributed by atoms with E-state index in [1.165, 1.54) is 0 Å². The van der Waals surface area contributed by atoms with Crippen LogP contribution in [-0.4, -0.2) is 25.8 Å². The smallest absolute Gasteiger partial charge is 0.244 e. The van der Waals surface area contributed by atoms with Gasteiger partial charge >= 0.3 is 0 Å². The van der Waals surface area contributed by atoms with Crippen molar-refractivity contribution in [1.29, 1.82) is 0 Å². The standard InChI is InChI=1S/C15H23BrN2O2S/c1-11-7-12(9-17)8-13(14(11)16)21(19,20)18-6-4-5-15(2,3)10-18/h7-8H,4-6,9-10,17H2,1-3H3. The summed E-state index contributed by atoms with van der Waals surface area (Å²) >= 11 is 3.43. The molecule has 118 valence electrons. The Morgan fingerprint density at radius 3 is 2.62 bits per heavy atom. The molecule has 0 amide bonds. The molecule has 1 heterocycles. The summed E-state index contributed by atoms with van der Waals surface area (Å²) in [6.45, 7) is 7.61. The second-order valence-electron chi connectivity index (χ2n) is 6.54. The minimum Gasteiger partial charge on any atom is -0.326 e. The lowest BCUT2D eigenvalue weighted by atomic mass is 9.85. The zero-order valence-corrected chi connectivity index (χ0v) is 15.2. The van der Waals surface area contributed by atoms with Gasteiger partial charge in [-0.1, -0.05) is 19.9 Å². The minimum atomic E-state index is -3.49. The molecule has 1 fully saturated rings. The van der Waals surface area contributed by atoms with Gasteiger partial charge in [-0.05, 0) is 58.3 Å². The summed E-state index contributed by atoms with van der Waals surface area (Å²) in [5.74, 6) is 0. The molecule has 6 heteroatoms. The number of piperidine rings is 1. The number of nitrogens with zero attached hydrogens (tertiary/aromatic N) is 1. The average Bonchev–Trinajstić information content (AvgIpc) is 2.40. The van der Waals surface area contributed by atoms with Crippen LogP contribution in [0, 0.1) is 12.3 Å². The Morgan fingerprint density at radius 1 is 1.38 bits per heavy atom. The Bertz CT molecular complexity index is 641. The van der Waals surface area contributed by atoms with Gasteiger partial charge in [0.25, 0.3) is 0 Å². The van der Waals surface area contributed by atoms with E-state index in [0.29, 0.717) is 29.0 Å². The van der Waals surface area contributed by atoms with Crippen LogP contribution in [0.3, 0.4) is 0 Å². The maximum absolute atomic E-state index is 13.0. The Hall–Kier alpha value is -0.430. The molecule has 2 N–H and O–H groups in total. The van der Waals surface area contributed by atoms with Crippen LogP contribution in [0.5, 0.6) is 0 Å². The van der Waals surface area contributed by atoms with E-state index in [0.717, 1.165) is 24.0 Å². The van der Waals surface area contributed by atoms with Crippen molar-refractivity contribution in [3.05, 3.63) is 27.7 Å². The van der Waals surface area contributed by atoms with Gasteiger partial charge in [-0.2, -0.15) is 4.31 Å². The topological polar surface area (TPSA) is 63.4 Å². The number of benzene rings is 1. The van der Waals surface area contributed by atoms with Crippen LogP contribution in [-0.2, 0) is 16.6 Å². The van der Waals surface area contributed by atoms with Crippen molar-refractivity contribution in [1.82, 2.24) is 4.31 Å². The molecule has 0 atom stereocenters. The largest absolute Gasteiger partial charge is 0.326 e. The van der Waals surface area contributed by atoms with Crippen LogP contribution < -0.4 is 5.73 Å². The van der Waals surface area contributed by atoms with Crippen LogP contribution in [0.4, 0.5) is 0 Å². The summed E-state index contributed by atoms with van der Waals surface area (Å²) in [6, 6.07) is 3.61. The number of rotatable bonds is 3. The second kappa shape index (κ2) is 5.99. The molecular weight excluding hydrogens is 352 g/mol. The summed E-state index contributed by atoms with van der Waals surface area (Å²) in [6.07, 6.45) is 1.96. The molecule has 21 heavy (non-hydrogen) atoms. The molecule has 1 aliphatic heterocycles. The van der Waals surface area contributed by atoms with E-state index in [1.807, 2.05) is 13.0 Å². The highest BCUT2D eigenvalue weighted by Gasteiger charge is 2.35. The fourth-order valence-corrected chi connectivity index (χ4v) is 5.53. The van der Waals surface area contributed by atoms with Gasteiger partial charge in [-0.25, -0.2) is 8.42 Å². The first-order chi connectivity index (χ1) is 9.67. The normalized spacial score (nSPS) is 19.7. The van der Waals surface area contributed by atoms with Gasteiger partial charge in [-0.3, -0.25) is 0 Å². The summed E-state index contributed by atoms with van der Waals surface area (Å²) in [5, 5.41) is 0. The maximum atomic E-state index is 13.0. The van der Waals surface area contributed by atoms with Gasteiger partial charge < -0.3 is 5.73 Å². The molecule has 0 spiro atoms. The van der Waals surface area contributed by atoms with Gasteiger partial charge in [0.2, 0.25) is 10.0 Å². The highest BCUT2D eigenvalue weighted by atomic mass is 79.9. The third-order valence-corrected chi connectivity index (χ3v) is 7.18. The molecule has 4 nitrogen and oxygen atoms in total. The number of sulfonamides is 1. The van der Waals surface area contributed by atoms with E-state index in [1.54, 1.807) is 10.4 Å². The monoisotopic (exact) mass is 374 g/mol. The molecule has 0 aromatic heterocycles. The lowest BCUT2D eigenvalue weighted by Crippen LogP contribution is -2.43. The Labute approximate surface area is 135 Å². The van der Waals surface area contributed by atoms with Crippen molar-refractivity contribution in [2.75, 3.05) is 13.1 Å². The summed E-state index contributed by atoms with van der Waals surface area (Å²) in [5.41, 5.74) is 7.44. The zero-order chi connectivity index (χ0) is 15.8.